The van der Waals surface area contributed by atoms with Crippen molar-refractivity contribution < 1.29 is 4.79 Å². The van der Waals surface area contributed by atoms with Crippen molar-refractivity contribution in [1.82, 2.24) is 4.98 Å². The fraction of sp³-hybridized carbons (Fsp3) is 0.222. The molecule has 0 fully saturated rings. The van der Waals surface area contributed by atoms with E-state index in [0.29, 0.717) is 6.42 Å². The van der Waals surface area contributed by atoms with Gasteiger partial charge in [0.25, 0.3) is 0 Å². The molecule has 110 valence electrons. The van der Waals surface area contributed by atoms with E-state index in [1.807, 2.05) is 24.3 Å². The number of anilines is 1. The number of nitrogens with zero attached hydrogens (tertiary/aromatic N) is 1. The molecule has 0 saturated heterocycles. The number of hydrogen-bond acceptors (Lipinski definition) is 3. The van der Waals surface area contributed by atoms with Crippen molar-refractivity contribution in [1.29, 1.82) is 0 Å². The smallest absolute Gasteiger partial charge is 0.230 e. The van der Waals surface area contributed by atoms with E-state index in [1.165, 1.54) is 22.4 Å². The van der Waals surface area contributed by atoms with Gasteiger partial charge in [0.05, 0.1) is 12.1 Å². The van der Waals surface area contributed by atoms with Crippen LogP contribution < -0.4 is 5.32 Å². The highest BCUT2D eigenvalue weighted by Crippen LogP contribution is 2.30. The van der Waals surface area contributed by atoms with Crippen LogP contribution in [0.25, 0.3) is 10.8 Å². The molecule has 1 aliphatic rings. The Morgan fingerprint density at radius 2 is 2.00 bits per heavy atom. The third kappa shape index (κ3) is 2.50. The molecule has 1 heterocycles. The summed E-state index contributed by atoms with van der Waals surface area (Å²) in [6.45, 7) is 0. The number of nitrogens with one attached hydrogen (secondary N) is 1. The van der Waals surface area contributed by atoms with Crippen molar-refractivity contribution in [2.24, 2.45) is 0 Å². The molecule has 0 bridgehead atoms. The molecule has 2 aromatic carbocycles. The lowest BCUT2D eigenvalue weighted by molar-refractivity contribution is -0.115. The number of fused-ring (bicyclic) bond motifs is 2. The molecule has 0 radical (unpaired) electrons. The summed E-state index contributed by atoms with van der Waals surface area (Å²) in [5.74, 6) is 0.00350. The summed E-state index contributed by atoms with van der Waals surface area (Å²) in [5, 5.41) is 6.01. The first-order valence-corrected chi connectivity index (χ1v) is 8.36. The normalized spacial score (nSPS) is 13.3. The van der Waals surface area contributed by atoms with Crippen LogP contribution in [0, 0.1) is 0 Å². The summed E-state index contributed by atoms with van der Waals surface area (Å²) in [4.78, 5) is 18.2. The highest BCUT2D eigenvalue weighted by Gasteiger charge is 2.18. The molecule has 4 rings (SSSR count). The van der Waals surface area contributed by atoms with E-state index >= 15 is 0 Å². The molecule has 0 unspecified atom stereocenters. The van der Waals surface area contributed by atoms with E-state index in [0.717, 1.165) is 28.9 Å². The monoisotopic (exact) mass is 308 g/mol. The summed E-state index contributed by atoms with van der Waals surface area (Å²) < 4.78 is 0. The first kappa shape index (κ1) is 13.5. The highest BCUT2D eigenvalue weighted by molar-refractivity contribution is 7.15. The molecule has 1 N–H and O–H groups in total. The van der Waals surface area contributed by atoms with Crippen molar-refractivity contribution in [3.63, 3.8) is 0 Å². The minimum Gasteiger partial charge on any atom is -0.302 e. The van der Waals surface area contributed by atoms with Gasteiger partial charge in [-0.1, -0.05) is 42.5 Å². The lowest BCUT2D eigenvalue weighted by atomic mass is 10.0. The molecule has 22 heavy (non-hydrogen) atoms. The average molecular weight is 308 g/mol. The van der Waals surface area contributed by atoms with E-state index in [9.17, 15) is 4.79 Å². The number of benzene rings is 2. The minimum absolute atomic E-state index is 0.00350. The Bertz CT molecular complexity index is 826. The van der Waals surface area contributed by atoms with Crippen LogP contribution in [0.15, 0.2) is 42.5 Å². The van der Waals surface area contributed by atoms with Crippen LogP contribution >= 0.6 is 11.3 Å². The fourth-order valence-electron chi connectivity index (χ4n) is 3.03. The Labute approximate surface area is 133 Å². The fourth-order valence-corrected chi connectivity index (χ4v) is 4.09. The second kappa shape index (κ2) is 5.54. The van der Waals surface area contributed by atoms with Crippen LogP contribution in [0.3, 0.4) is 0 Å². The maximum absolute atomic E-state index is 12.3. The topological polar surface area (TPSA) is 42.0 Å². The van der Waals surface area contributed by atoms with Crippen LogP contribution in [0.2, 0.25) is 0 Å². The quantitative estimate of drug-likeness (QED) is 0.795. The van der Waals surface area contributed by atoms with Crippen LogP contribution in [-0.4, -0.2) is 10.9 Å². The Morgan fingerprint density at radius 1 is 1.14 bits per heavy atom. The van der Waals surface area contributed by atoms with Crippen LogP contribution in [0.5, 0.6) is 0 Å². The number of thiazole rings is 1. The van der Waals surface area contributed by atoms with E-state index in [-0.39, 0.29) is 5.91 Å². The van der Waals surface area contributed by atoms with Crippen molar-refractivity contribution in [3.05, 3.63) is 58.6 Å². The van der Waals surface area contributed by atoms with Crippen LogP contribution in [-0.2, 0) is 24.1 Å². The zero-order valence-corrected chi connectivity index (χ0v) is 13.0. The van der Waals surface area contributed by atoms with E-state index in [4.69, 9.17) is 0 Å². The second-order valence-corrected chi connectivity index (χ2v) is 6.69. The average Bonchev–Trinajstić information content (AvgIpc) is 3.09. The third-order valence-electron chi connectivity index (χ3n) is 4.07. The first-order chi connectivity index (χ1) is 10.8. The number of aromatic nitrogens is 1. The second-order valence-electron chi connectivity index (χ2n) is 5.61. The summed E-state index contributed by atoms with van der Waals surface area (Å²) in [6, 6.07) is 14.3. The SMILES string of the molecule is O=C(Cc1cccc2ccccc12)Nc1nc2c(s1)CCC2. The zero-order valence-electron chi connectivity index (χ0n) is 12.1. The zero-order chi connectivity index (χ0) is 14.9. The van der Waals surface area contributed by atoms with Crippen molar-refractivity contribution in [2.45, 2.75) is 25.7 Å². The van der Waals surface area contributed by atoms with Gasteiger partial charge in [-0.15, -0.1) is 11.3 Å². The molecule has 1 amide bonds. The van der Waals surface area contributed by atoms with Gasteiger partial charge in [0.1, 0.15) is 0 Å². The number of amides is 1. The molecule has 4 heteroatoms. The number of carbonyl (C=O) groups excluding carboxylic acids is 1. The largest absolute Gasteiger partial charge is 0.302 e. The maximum Gasteiger partial charge on any atom is 0.230 e. The first-order valence-electron chi connectivity index (χ1n) is 7.55. The Balaban J connectivity index is 1.53. The molecule has 0 aliphatic heterocycles. The number of carbonyl (C=O) groups is 1. The Hall–Kier alpha value is -2.20. The number of hydrogen-bond donors (Lipinski definition) is 1. The highest BCUT2D eigenvalue weighted by atomic mass is 32.1. The molecule has 1 aliphatic carbocycles. The van der Waals surface area contributed by atoms with Crippen molar-refractivity contribution in [2.75, 3.05) is 5.32 Å². The van der Waals surface area contributed by atoms with Gasteiger partial charge in [-0.05, 0) is 35.6 Å². The van der Waals surface area contributed by atoms with Crippen molar-refractivity contribution >= 4 is 33.1 Å². The van der Waals surface area contributed by atoms with Gasteiger partial charge in [-0.25, -0.2) is 4.98 Å². The van der Waals surface area contributed by atoms with Gasteiger partial charge >= 0.3 is 0 Å². The Kier molecular flexibility index (Phi) is 3.39. The predicted molar refractivity (Wildman–Crippen MR) is 90.4 cm³/mol. The number of aryl methyl sites for hydroxylation is 2. The third-order valence-corrected chi connectivity index (χ3v) is 5.15. The van der Waals surface area contributed by atoms with Crippen LogP contribution in [0.4, 0.5) is 5.13 Å². The van der Waals surface area contributed by atoms with Gasteiger partial charge in [-0.3, -0.25) is 4.79 Å². The molecule has 0 atom stereocenters. The van der Waals surface area contributed by atoms with Crippen molar-refractivity contribution in [3.8, 4) is 0 Å². The molecular formula is C18H16N2OS. The van der Waals surface area contributed by atoms with Crippen LogP contribution in [0.1, 0.15) is 22.6 Å². The Morgan fingerprint density at radius 3 is 2.91 bits per heavy atom. The molecular weight excluding hydrogens is 292 g/mol. The molecule has 3 nitrogen and oxygen atoms in total. The summed E-state index contributed by atoms with van der Waals surface area (Å²) >= 11 is 1.62. The molecule has 0 spiro atoms. The van der Waals surface area contributed by atoms with Gasteiger partial charge in [0.2, 0.25) is 5.91 Å². The van der Waals surface area contributed by atoms with Gasteiger partial charge in [0.15, 0.2) is 5.13 Å². The minimum atomic E-state index is 0.00350. The maximum atomic E-state index is 12.3. The number of rotatable bonds is 3. The van der Waals surface area contributed by atoms with E-state index in [2.05, 4.69) is 28.5 Å². The van der Waals surface area contributed by atoms with E-state index < -0.39 is 0 Å². The molecule has 0 saturated carbocycles. The van der Waals surface area contributed by atoms with Gasteiger partial charge < -0.3 is 5.32 Å². The lowest BCUT2D eigenvalue weighted by Gasteiger charge is -2.06. The lowest BCUT2D eigenvalue weighted by Crippen LogP contribution is -2.14. The molecule has 3 aromatic rings. The van der Waals surface area contributed by atoms with Gasteiger partial charge in [0, 0.05) is 4.88 Å². The summed E-state index contributed by atoms with van der Waals surface area (Å²) in [7, 11) is 0. The predicted octanol–water partition coefficient (Wildman–Crippen LogP) is 3.97. The van der Waals surface area contributed by atoms with Gasteiger partial charge in [-0.2, -0.15) is 0 Å². The summed E-state index contributed by atoms with van der Waals surface area (Å²) in [5.41, 5.74) is 2.23. The summed E-state index contributed by atoms with van der Waals surface area (Å²) in [6.07, 6.45) is 3.72. The molecule has 1 aromatic heterocycles. The standard InChI is InChI=1S/C18H16N2OS/c21-17(20-18-19-15-9-4-10-16(15)22-18)11-13-7-3-6-12-5-1-2-8-14(12)13/h1-3,5-8H,4,9-11H2,(H,19,20,21). The van der Waals surface area contributed by atoms with E-state index in [1.54, 1.807) is 11.3 Å².